The maximum Gasteiger partial charge on any atom is 0.164 e. The first-order chi connectivity index (χ1) is 37.7. The van der Waals surface area contributed by atoms with Gasteiger partial charge in [0.05, 0.1) is 15.7 Å². The summed E-state index contributed by atoms with van der Waals surface area (Å²) in [4.78, 5) is 15.8. The molecule has 0 aliphatic heterocycles. The summed E-state index contributed by atoms with van der Waals surface area (Å²) >= 11 is 3.78. The number of rotatable bonds is 7. The third-order valence-electron chi connectivity index (χ3n) is 15.6. The van der Waals surface area contributed by atoms with Crippen molar-refractivity contribution in [3.8, 4) is 73.2 Å². The molecule has 0 fully saturated rings. The summed E-state index contributed by atoms with van der Waals surface area (Å²) in [6, 6.07) is 90.3. The predicted molar refractivity (Wildman–Crippen MR) is 320 cm³/mol. The zero-order chi connectivity index (χ0) is 49.8. The van der Waals surface area contributed by atoms with Gasteiger partial charge in [-0.05, 0) is 98.6 Å². The highest BCUT2D eigenvalue weighted by atomic mass is 32.1. The Kier molecular flexibility index (Phi) is 9.71. The van der Waals surface area contributed by atoms with Crippen molar-refractivity contribution in [3.05, 3.63) is 265 Å². The molecule has 1 atom stereocenters. The molecule has 15 aromatic rings. The molecule has 0 saturated carbocycles. The van der Waals surface area contributed by atoms with Gasteiger partial charge in [0.1, 0.15) is 0 Å². The van der Waals surface area contributed by atoms with Gasteiger partial charge in [-0.25, -0.2) is 15.0 Å². The van der Waals surface area contributed by atoms with Gasteiger partial charge in [0.15, 0.2) is 17.5 Å². The molecule has 354 valence electrons. The molecule has 0 radical (unpaired) electrons. The quantitative estimate of drug-likeness (QED) is 0.160. The van der Waals surface area contributed by atoms with Crippen molar-refractivity contribution in [1.82, 2.24) is 19.5 Å². The monoisotopic (exact) mass is 1000 g/mol. The highest BCUT2D eigenvalue weighted by Gasteiger charge is 2.32. The molecule has 0 N–H and O–H groups in total. The van der Waals surface area contributed by atoms with Crippen LogP contribution in [0, 0.1) is 0 Å². The molecule has 4 heterocycles. The minimum Gasteiger partial charge on any atom is -0.308 e. The van der Waals surface area contributed by atoms with Crippen molar-refractivity contribution in [2.45, 2.75) is 5.92 Å². The number of para-hydroxylation sites is 2. The second-order valence-electron chi connectivity index (χ2n) is 19.8. The van der Waals surface area contributed by atoms with E-state index in [1.165, 1.54) is 90.0 Å². The molecule has 0 amide bonds. The van der Waals surface area contributed by atoms with Crippen LogP contribution in [0.25, 0.3) is 135 Å². The maximum atomic E-state index is 5.36. The first kappa shape index (κ1) is 43.1. The van der Waals surface area contributed by atoms with E-state index in [-0.39, 0.29) is 5.92 Å². The predicted octanol–water partition coefficient (Wildman–Crippen LogP) is 19.2. The van der Waals surface area contributed by atoms with Crippen LogP contribution in [0.3, 0.4) is 0 Å². The number of benzene rings is 11. The van der Waals surface area contributed by atoms with E-state index in [1.807, 2.05) is 59.1 Å². The molecule has 1 aliphatic carbocycles. The average Bonchev–Trinajstić information content (AvgIpc) is 4.44. The Hall–Kier alpha value is -9.33. The topological polar surface area (TPSA) is 43.6 Å². The Morgan fingerprint density at radius 1 is 0.329 bits per heavy atom. The normalized spacial score (nSPS) is 13.1. The van der Waals surface area contributed by atoms with Crippen LogP contribution in [0.2, 0.25) is 0 Å². The van der Waals surface area contributed by atoms with E-state index in [0.717, 1.165) is 44.6 Å². The van der Waals surface area contributed by atoms with E-state index in [0.29, 0.717) is 17.5 Å². The van der Waals surface area contributed by atoms with Crippen LogP contribution in [-0.2, 0) is 0 Å². The number of fused-ring (bicyclic) bond motifs is 14. The van der Waals surface area contributed by atoms with Crippen molar-refractivity contribution in [2.75, 3.05) is 0 Å². The van der Waals surface area contributed by atoms with Crippen LogP contribution in [0.5, 0.6) is 0 Å². The average molecular weight is 1000 g/mol. The highest BCUT2D eigenvalue weighted by molar-refractivity contribution is 7.27. The summed E-state index contributed by atoms with van der Waals surface area (Å²) < 4.78 is 7.60. The molecule has 11 aromatic carbocycles. The minimum absolute atomic E-state index is 0.164. The summed E-state index contributed by atoms with van der Waals surface area (Å²) in [5.74, 6) is 2.05. The second-order valence-corrected chi connectivity index (χ2v) is 21.9. The molecule has 4 nitrogen and oxygen atoms in total. The van der Waals surface area contributed by atoms with Crippen LogP contribution < -0.4 is 0 Å². The number of hydrogen-bond donors (Lipinski definition) is 0. The lowest BCUT2D eigenvalue weighted by Gasteiger charge is -2.15. The smallest absolute Gasteiger partial charge is 0.164 e. The fourth-order valence-electron chi connectivity index (χ4n) is 12.1. The first-order valence-corrected chi connectivity index (χ1v) is 27.4. The molecule has 1 unspecified atom stereocenters. The Bertz CT molecular complexity index is 4750. The number of aromatic nitrogens is 4. The van der Waals surface area contributed by atoms with E-state index >= 15 is 0 Å². The number of thiophene rings is 2. The molecular weight excluding hydrogens is 961 g/mol. The molecule has 4 aromatic heterocycles. The zero-order valence-corrected chi connectivity index (χ0v) is 42.5. The minimum atomic E-state index is 0.164. The van der Waals surface area contributed by atoms with Gasteiger partial charge in [-0.3, -0.25) is 0 Å². The molecular formula is C70H42N4S2. The van der Waals surface area contributed by atoms with Gasteiger partial charge >= 0.3 is 0 Å². The highest BCUT2D eigenvalue weighted by Crippen LogP contribution is 2.54. The first-order valence-electron chi connectivity index (χ1n) is 25.8. The number of hydrogen-bond acceptors (Lipinski definition) is 5. The van der Waals surface area contributed by atoms with E-state index in [4.69, 9.17) is 15.0 Å². The van der Waals surface area contributed by atoms with E-state index in [9.17, 15) is 0 Å². The second kappa shape index (κ2) is 17.1. The molecule has 0 spiro atoms. The fraction of sp³-hybridized carbons (Fsp3) is 0.0143. The molecule has 6 heteroatoms. The summed E-state index contributed by atoms with van der Waals surface area (Å²) in [5.41, 5.74) is 17.6. The summed E-state index contributed by atoms with van der Waals surface area (Å²) in [5, 5.41) is 7.55. The standard InChI is InChI=1S/C70H42N4S2/c1-5-17-42(18-6-1)63-52-27-14-13-25-50(52)53-33-35-55-58-41-47(31-38-61(58)75-66(55)64(53)63)49-32-29-45(40-59(49)70-72-68(43-19-7-2-8-20-43)71-69(73-70)44-21-9-3-10-22-44)46-30-37-62-57(39-46)56-36-34-54-51-26-15-16-28-60(51)74(65(54)67(56)76-62)48-23-11-4-12-24-48/h1-41,63H. The van der Waals surface area contributed by atoms with Crippen molar-refractivity contribution in [1.29, 1.82) is 0 Å². The van der Waals surface area contributed by atoms with Gasteiger partial charge in [-0.2, -0.15) is 0 Å². The van der Waals surface area contributed by atoms with Gasteiger partial charge in [0.25, 0.3) is 0 Å². The lowest BCUT2D eigenvalue weighted by molar-refractivity contribution is 1.03. The lowest BCUT2D eigenvalue weighted by Crippen LogP contribution is -2.01. The van der Waals surface area contributed by atoms with E-state index < -0.39 is 0 Å². The molecule has 0 bridgehead atoms. The largest absolute Gasteiger partial charge is 0.308 e. The van der Waals surface area contributed by atoms with Crippen molar-refractivity contribution >= 4 is 84.8 Å². The van der Waals surface area contributed by atoms with Gasteiger partial charge in [0, 0.05) is 74.7 Å². The van der Waals surface area contributed by atoms with E-state index in [1.54, 1.807) is 0 Å². The van der Waals surface area contributed by atoms with Crippen LogP contribution in [0.4, 0.5) is 0 Å². The van der Waals surface area contributed by atoms with Gasteiger partial charge in [-0.1, -0.05) is 200 Å². The van der Waals surface area contributed by atoms with Gasteiger partial charge in [0.2, 0.25) is 0 Å². The SMILES string of the molecule is c1ccc(-c2nc(-c3ccccc3)nc(-c3cc(-c4ccc5sc6c(ccc7c8ccccc8n(-c8ccccc8)c76)c5c4)ccc3-c3ccc4sc5c6c(ccc5c4c3)-c3ccccc3C6c3ccccc3)n2)cc1. The van der Waals surface area contributed by atoms with Crippen molar-refractivity contribution < 1.29 is 0 Å². The number of nitrogens with zero attached hydrogens (tertiary/aromatic N) is 4. The van der Waals surface area contributed by atoms with Gasteiger partial charge < -0.3 is 4.57 Å². The summed E-state index contributed by atoms with van der Waals surface area (Å²) in [7, 11) is 0. The summed E-state index contributed by atoms with van der Waals surface area (Å²) in [6.07, 6.45) is 0. The lowest BCUT2D eigenvalue weighted by atomic mass is 9.88. The Morgan fingerprint density at radius 2 is 0.868 bits per heavy atom. The third kappa shape index (κ3) is 6.71. The zero-order valence-electron chi connectivity index (χ0n) is 40.9. The van der Waals surface area contributed by atoms with Crippen molar-refractivity contribution in [2.24, 2.45) is 0 Å². The fourth-order valence-corrected chi connectivity index (χ4v) is 14.6. The third-order valence-corrected chi connectivity index (χ3v) is 18.0. The maximum absolute atomic E-state index is 5.36. The molecule has 76 heavy (non-hydrogen) atoms. The van der Waals surface area contributed by atoms with E-state index in [2.05, 4.69) is 217 Å². The molecule has 16 rings (SSSR count). The molecule has 1 aliphatic rings. The van der Waals surface area contributed by atoms with Gasteiger partial charge in [-0.15, -0.1) is 22.7 Å². The molecule has 0 saturated heterocycles. The van der Waals surface area contributed by atoms with Crippen LogP contribution in [0.1, 0.15) is 22.6 Å². The summed E-state index contributed by atoms with van der Waals surface area (Å²) in [6.45, 7) is 0. The Morgan fingerprint density at radius 3 is 1.62 bits per heavy atom. The Balaban J connectivity index is 0.899. The Labute approximate surface area is 446 Å². The van der Waals surface area contributed by atoms with Crippen LogP contribution in [0.15, 0.2) is 249 Å². The van der Waals surface area contributed by atoms with Crippen molar-refractivity contribution in [3.63, 3.8) is 0 Å². The van der Waals surface area contributed by atoms with Crippen LogP contribution in [-0.4, -0.2) is 19.5 Å². The van der Waals surface area contributed by atoms with Crippen LogP contribution >= 0.6 is 22.7 Å².